The lowest BCUT2D eigenvalue weighted by Crippen LogP contribution is -2.25. The van der Waals surface area contributed by atoms with Crippen molar-refractivity contribution in [1.82, 2.24) is 14.5 Å². The third kappa shape index (κ3) is 4.87. The molecule has 1 aliphatic heterocycles. The highest BCUT2D eigenvalue weighted by atomic mass is 16.5. The molecule has 0 radical (unpaired) electrons. The minimum atomic E-state index is -1.19. The topological polar surface area (TPSA) is 137 Å². The van der Waals surface area contributed by atoms with Crippen LogP contribution in [0.5, 0.6) is 5.88 Å². The van der Waals surface area contributed by atoms with E-state index in [-0.39, 0.29) is 19.3 Å². The summed E-state index contributed by atoms with van der Waals surface area (Å²) in [5, 5.41) is 10.1. The van der Waals surface area contributed by atoms with Gasteiger partial charge in [0.25, 0.3) is 0 Å². The summed E-state index contributed by atoms with van der Waals surface area (Å²) in [6, 6.07) is 11.2. The van der Waals surface area contributed by atoms with E-state index in [0.29, 0.717) is 41.0 Å². The van der Waals surface area contributed by atoms with Gasteiger partial charge in [-0.25, -0.2) is 15.0 Å². The first-order valence-corrected chi connectivity index (χ1v) is 10.7. The van der Waals surface area contributed by atoms with Gasteiger partial charge in [-0.3, -0.25) is 4.99 Å². The fourth-order valence-electron chi connectivity index (χ4n) is 3.47. The molecule has 2 aromatic heterocycles. The highest BCUT2D eigenvalue weighted by Gasteiger charge is 2.23. The van der Waals surface area contributed by atoms with Crippen molar-refractivity contribution in [2.75, 3.05) is 13.3 Å². The molecule has 0 spiro atoms. The van der Waals surface area contributed by atoms with E-state index < -0.39 is 5.60 Å². The predicted octanol–water partition coefficient (Wildman–Crippen LogP) is 1.77. The van der Waals surface area contributed by atoms with Crippen LogP contribution in [0.2, 0.25) is 0 Å². The van der Waals surface area contributed by atoms with Crippen LogP contribution in [0.1, 0.15) is 43.9 Å². The van der Waals surface area contributed by atoms with E-state index >= 15 is 0 Å². The summed E-state index contributed by atoms with van der Waals surface area (Å²) in [4.78, 5) is 17.8. The maximum Gasteiger partial charge on any atom is 0.216 e. The molecule has 3 heterocycles. The molecule has 1 aromatic carbocycles. The number of fused-ring (bicyclic) bond motifs is 1. The van der Waals surface area contributed by atoms with Crippen molar-refractivity contribution in [2.45, 2.75) is 39.0 Å². The molecule has 0 saturated carbocycles. The number of aromatic nitrogens is 3. The quantitative estimate of drug-likeness (QED) is 0.495. The van der Waals surface area contributed by atoms with Crippen LogP contribution in [0.15, 0.2) is 46.4 Å². The van der Waals surface area contributed by atoms with Gasteiger partial charge < -0.3 is 25.9 Å². The van der Waals surface area contributed by atoms with Gasteiger partial charge in [0.2, 0.25) is 5.88 Å². The normalized spacial score (nSPS) is 14.5. The Hall–Kier alpha value is -3.74. The molecule has 9 heteroatoms. The number of aryl methyl sites for hydroxylation is 1. The molecule has 4 rings (SSSR count). The second-order valence-corrected chi connectivity index (χ2v) is 8.19. The molecule has 0 amide bonds. The summed E-state index contributed by atoms with van der Waals surface area (Å²) in [6.45, 7) is 6.35. The Balaban J connectivity index is 1.77. The Morgan fingerprint density at radius 3 is 2.61 bits per heavy atom. The zero-order valence-corrected chi connectivity index (χ0v) is 18.9. The van der Waals surface area contributed by atoms with Crippen molar-refractivity contribution in [1.29, 1.82) is 0 Å². The van der Waals surface area contributed by atoms with E-state index in [1.165, 1.54) is 0 Å². The maximum atomic E-state index is 10.1. The van der Waals surface area contributed by atoms with Gasteiger partial charge >= 0.3 is 0 Å². The van der Waals surface area contributed by atoms with Crippen LogP contribution in [0, 0.1) is 11.8 Å². The molecule has 0 unspecified atom stereocenters. The first-order chi connectivity index (χ1) is 15.8. The van der Waals surface area contributed by atoms with Gasteiger partial charge in [0.1, 0.15) is 41.6 Å². The zero-order chi connectivity index (χ0) is 23.6. The number of nitrogens with two attached hydrogens (primary N) is 2. The number of ether oxygens (including phenoxy) is 1. The van der Waals surface area contributed by atoms with Crippen LogP contribution in [0.4, 0.5) is 0 Å². The Morgan fingerprint density at radius 1 is 1.21 bits per heavy atom. The summed E-state index contributed by atoms with van der Waals surface area (Å²) >= 11 is 0. The van der Waals surface area contributed by atoms with Crippen molar-refractivity contribution in [2.24, 2.45) is 21.5 Å². The van der Waals surface area contributed by atoms with Gasteiger partial charge in [0.05, 0.1) is 11.6 Å². The molecule has 3 aromatic rings. The molecule has 1 atom stereocenters. The Kier molecular flexibility index (Phi) is 6.14. The van der Waals surface area contributed by atoms with Gasteiger partial charge in [0, 0.05) is 12.6 Å². The first kappa shape index (κ1) is 22.5. The molecule has 9 nitrogen and oxygen atoms in total. The molecule has 0 bridgehead atoms. The number of nitrogens with zero attached hydrogens (tertiary/aromatic N) is 5. The van der Waals surface area contributed by atoms with E-state index in [0.717, 1.165) is 11.1 Å². The number of hydrogen-bond acceptors (Lipinski definition) is 8. The van der Waals surface area contributed by atoms with Crippen LogP contribution in [0.25, 0.3) is 11.0 Å². The molecule has 1 aliphatic rings. The number of pyridine rings is 1. The van der Waals surface area contributed by atoms with E-state index in [1.54, 1.807) is 13.8 Å². The molecule has 33 heavy (non-hydrogen) atoms. The summed E-state index contributed by atoms with van der Waals surface area (Å²) < 4.78 is 7.95. The van der Waals surface area contributed by atoms with Crippen molar-refractivity contribution in [3.8, 4) is 17.7 Å². The number of rotatable bonds is 6. The number of amidine groups is 1. The number of aliphatic imine (C=N–C) groups is 2. The number of hydrogen-bond donors (Lipinski definition) is 3. The zero-order valence-electron chi connectivity index (χ0n) is 18.9. The van der Waals surface area contributed by atoms with Crippen molar-refractivity contribution >= 4 is 22.6 Å². The van der Waals surface area contributed by atoms with Gasteiger partial charge in [-0.15, -0.1) is 0 Å². The highest BCUT2D eigenvalue weighted by Crippen LogP contribution is 2.25. The van der Waals surface area contributed by atoms with Crippen molar-refractivity contribution < 1.29 is 9.84 Å². The Labute approximate surface area is 192 Å². The fraction of sp³-hybridized carbons (Fsp3) is 0.333. The van der Waals surface area contributed by atoms with Crippen LogP contribution in [-0.4, -0.2) is 50.1 Å². The minimum absolute atomic E-state index is 0.236. The third-order valence-electron chi connectivity index (χ3n) is 5.08. The van der Waals surface area contributed by atoms with E-state index in [2.05, 4.69) is 26.8 Å². The van der Waals surface area contributed by atoms with Crippen molar-refractivity contribution in [3.63, 3.8) is 0 Å². The fourth-order valence-corrected chi connectivity index (χ4v) is 3.47. The van der Waals surface area contributed by atoms with Crippen molar-refractivity contribution in [3.05, 3.63) is 53.5 Å². The van der Waals surface area contributed by atoms with Crippen LogP contribution in [-0.2, 0) is 6.54 Å². The highest BCUT2D eigenvalue weighted by molar-refractivity contribution is 6.47. The Bertz CT molecular complexity index is 1290. The smallest absolute Gasteiger partial charge is 0.216 e. The lowest BCUT2D eigenvalue weighted by molar-refractivity contribution is 0.143. The molecule has 0 saturated heterocycles. The van der Waals surface area contributed by atoms with Crippen LogP contribution >= 0.6 is 0 Å². The van der Waals surface area contributed by atoms with Gasteiger partial charge in [-0.05, 0) is 32.3 Å². The first-order valence-electron chi connectivity index (χ1n) is 10.7. The van der Waals surface area contributed by atoms with E-state index in [9.17, 15) is 5.11 Å². The average Bonchev–Trinajstić information content (AvgIpc) is 3.38. The second-order valence-electron chi connectivity index (χ2n) is 8.19. The minimum Gasteiger partial charge on any atom is -0.476 e. The third-order valence-corrected chi connectivity index (χ3v) is 5.08. The molecular formula is C24H27N7O2. The lowest BCUT2D eigenvalue weighted by Gasteiger charge is -2.14. The SMILES string of the molecule is CCn1c(C2=NCN=C2N)nc2c(C#CC(C)(C)O)nc(OC[C@@H](N)c3ccccc3)cc21. The molecule has 0 aliphatic carbocycles. The monoisotopic (exact) mass is 445 g/mol. The van der Waals surface area contributed by atoms with E-state index in [4.69, 9.17) is 21.2 Å². The number of benzene rings is 1. The lowest BCUT2D eigenvalue weighted by atomic mass is 10.1. The van der Waals surface area contributed by atoms with Crippen LogP contribution in [0.3, 0.4) is 0 Å². The molecule has 170 valence electrons. The van der Waals surface area contributed by atoms with Gasteiger partial charge in [-0.1, -0.05) is 36.3 Å². The second kappa shape index (κ2) is 9.02. The maximum absolute atomic E-state index is 10.1. The van der Waals surface area contributed by atoms with Gasteiger partial charge in [0.15, 0.2) is 5.82 Å². The number of imidazole rings is 1. The summed E-state index contributed by atoms with van der Waals surface area (Å²) in [5.74, 6) is 7.07. The number of aliphatic hydroxyl groups is 1. The molecule has 0 fully saturated rings. The largest absolute Gasteiger partial charge is 0.476 e. The molecular weight excluding hydrogens is 418 g/mol. The Morgan fingerprint density at radius 2 is 1.97 bits per heavy atom. The van der Waals surface area contributed by atoms with Gasteiger partial charge in [-0.2, -0.15) is 0 Å². The summed E-state index contributed by atoms with van der Waals surface area (Å²) in [5.41, 5.74) is 14.4. The van der Waals surface area contributed by atoms with E-state index in [1.807, 2.05) is 47.9 Å². The average molecular weight is 446 g/mol. The summed E-state index contributed by atoms with van der Waals surface area (Å²) in [7, 11) is 0. The predicted molar refractivity (Wildman–Crippen MR) is 128 cm³/mol. The summed E-state index contributed by atoms with van der Waals surface area (Å²) in [6.07, 6.45) is 0. The standard InChI is InChI=1S/C24H27N7O2/c1-4-31-18-12-19(33-13-16(25)15-8-6-5-7-9-15)29-17(10-11-24(2,3)32)20(18)30-23(31)21-22(26)28-14-27-21/h5-9,12,16,32H,4,13-14,25H2,1-3H3,(H2,26,28)/t16-/m1/s1. The van der Waals surface area contributed by atoms with Crippen LogP contribution < -0.4 is 16.2 Å². The molecule has 5 N–H and O–H groups in total.